The van der Waals surface area contributed by atoms with E-state index in [0.717, 1.165) is 18.4 Å². The number of carbonyl (C=O) groups is 2. The van der Waals surface area contributed by atoms with Crippen molar-refractivity contribution in [2.75, 3.05) is 11.4 Å². The molecule has 1 aromatic carbocycles. The molecule has 4 heteroatoms. The summed E-state index contributed by atoms with van der Waals surface area (Å²) in [6.07, 6.45) is 1.75. The number of carboxylic acid groups (broad SMARTS) is 1. The fourth-order valence-electron chi connectivity index (χ4n) is 1.78. The number of carboxylic acids is 1. The number of rotatable bonds is 4. The van der Waals surface area contributed by atoms with Crippen LogP contribution in [0.25, 0.3) is 0 Å². The summed E-state index contributed by atoms with van der Waals surface area (Å²) < 4.78 is 0. The van der Waals surface area contributed by atoms with E-state index in [1.807, 2.05) is 25.1 Å². The van der Waals surface area contributed by atoms with Gasteiger partial charge in [-0.05, 0) is 37.5 Å². The number of hydrogen-bond donors (Lipinski definition) is 1. The molecule has 1 aromatic rings. The van der Waals surface area contributed by atoms with Gasteiger partial charge in [0.05, 0.1) is 0 Å². The molecule has 1 N–H and O–H groups in total. The number of nitrogens with zero attached hydrogens (tertiary/aromatic N) is 1. The Hall–Kier alpha value is -1.84. The maximum atomic E-state index is 12.0. The van der Waals surface area contributed by atoms with Gasteiger partial charge in [0, 0.05) is 11.6 Å². The van der Waals surface area contributed by atoms with E-state index in [1.54, 1.807) is 6.07 Å². The Morgan fingerprint density at radius 3 is 2.65 bits per heavy atom. The summed E-state index contributed by atoms with van der Waals surface area (Å²) in [6, 6.07) is 7.36. The van der Waals surface area contributed by atoms with Crippen molar-refractivity contribution in [1.29, 1.82) is 0 Å². The lowest BCUT2D eigenvalue weighted by atomic mass is 10.2. The lowest BCUT2D eigenvalue weighted by Gasteiger charge is -2.21. The molecule has 1 aliphatic rings. The molecule has 0 atom stereocenters. The molecule has 0 saturated heterocycles. The van der Waals surface area contributed by atoms with Gasteiger partial charge < -0.3 is 10.0 Å². The van der Waals surface area contributed by atoms with Gasteiger partial charge in [-0.3, -0.25) is 9.59 Å². The third kappa shape index (κ3) is 2.84. The second-order valence-electron chi connectivity index (χ2n) is 4.43. The lowest BCUT2D eigenvalue weighted by molar-refractivity contribution is -0.136. The van der Waals surface area contributed by atoms with Crippen LogP contribution in [0, 0.1) is 12.8 Å². The fraction of sp³-hybridized carbons (Fsp3) is 0.385. The van der Waals surface area contributed by atoms with Gasteiger partial charge in [0.1, 0.15) is 6.54 Å². The van der Waals surface area contributed by atoms with Gasteiger partial charge in [0.15, 0.2) is 0 Å². The van der Waals surface area contributed by atoms with E-state index in [9.17, 15) is 9.59 Å². The van der Waals surface area contributed by atoms with E-state index in [2.05, 4.69) is 0 Å². The van der Waals surface area contributed by atoms with Crippen LogP contribution < -0.4 is 4.90 Å². The van der Waals surface area contributed by atoms with Crippen molar-refractivity contribution in [1.82, 2.24) is 0 Å². The van der Waals surface area contributed by atoms with Gasteiger partial charge >= 0.3 is 5.97 Å². The van der Waals surface area contributed by atoms with Gasteiger partial charge in [-0.25, -0.2) is 0 Å². The molecule has 0 unspecified atom stereocenters. The van der Waals surface area contributed by atoms with E-state index >= 15 is 0 Å². The van der Waals surface area contributed by atoms with Crippen LogP contribution >= 0.6 is 0 Å². The van der Waals surface area contributed by atoms with Gasteiger partial charge in [-0.1, -0.05) is 12.1 Å². The number of carbonyl (C=O) groups excluding carboxylic acids is 1. The zero-order chi connectivity index (χ0) is 12.4. The smallest absolute Gasteiger partial charge is 0.323 e. The van der Waals surface area contributed by atoms with Gasteiger partial charge in [0.2, 0.25) is 5.91 Å². The molecule has 1 aliphatic carbocycles. The Labute approximate surface area is 99.9 Å². The highest BCUT2D eigenvalue weighted by molar-refractivity contribution is 5.99. The zero-order valence-corrected chi connectivity index (χ0v) is 9.72. The standard InChI is InChI=1S/C13H15NO3/c1-9-3-2-4-11(7-9)14(8-12(15)16)13(17)10-5-6-10/h2-4,7,10H,5-6,8H2,1H3,(H,15,16). The van der Waals surface area contributed by atoms with Crippen LogP contribution in [-0.2, 0) is 9.59 Å². The molecule has 0 spiro atoms. The molecule has 1 amide bonds. The van der Waals surface area contributed by atoms with Crippen molar-refractivity contribution >= 4 is 17.6 Å². The monoisotopic (exact) mass is 233 g/mol. The Morgan fingerprint density at radius 2 is 2.12 bits per heavy atom. The van der Waals surface area contributed by atoms with Crippen LogP contribution in [0.5, 0.6) is 0 Å². The van der Waals surface area contributed by atoms with Crippen molar-refractivity contribution in [3.8, 4) is 0 Å². The summed E-state index contributed by atoms with van der Waals surface area (Å²) >= 11 is 0. The third-order valence-corrected chi connectivity index (χ3v) is 2.80. The van der Waals surface area contributed by atoms with E-state index in [-0.39, 0.29) is 18.4 Å². The topological polar surface area (TPSA) is 57.6 Å². The molecule has 4 nitrogen and oxygen atoms in total. The first-order valence-corrected chi connectivity index (χ1v) is 5.68. The number of benzene rings is 1. The summed E-state index contributed by atoms with van der Waals surface area (Å²) in [5.74, 6) is -1.03. The summed E-state index contributed by atoms with van der Waals surface area (Å²) in [6.45, 7) is 1.66. The first kappa shape index (κ1) is 11.6. The molecule has 1 saturated carbocycles. The molecule has 1 fully saturated rings. The predicted octanol–water partition coefficient (Wildman–Crippen LogP) is 1.82. The Bertz CT molecular complexity index is 452. The van der Waals surface area contributed by atoms with Crippen LogP contribution in [-0.4, -0.2) is 23.5 Å². The first-order valence-electron chi connectivity index (χ1n) is 5.68. The number of aliphatic carboxylic acids is 1. The Kier molecular flexibility index (Phi) is 3.13. The second kappa shape index (κ2) is 4.57. The van der Waals surface area contributed by atoms with Crippen LogP contribution in [0.15, 0.2) is 24.3 Å². The number of aryl methyl sites for hydroxylation is 1. The average molecular weight is 233 g/mol. The average Bonchev–Trinajstić information content (AvgIpc) is 3.08. The normalized spacial score (nSPS) is 14.4. The van der Waals surface area contributed by atoms with Crippen LogP contribution in [0.1, 0.15) is 18.4 Å². The van der Waals surface area contributed by atoms with Gasteiger partial charge in [0.25, 0.3) is 0 Å². The molecular formula is C13H15NO3. The minimum atomic E-state index is -0.986. The molecule has 17 heavy (non-hydrogen) atoms. The molecule has 0 radical (unpaired) electrons. The minimum Gasteiger partial charge on any atom is -0.480 e. The Balaban J connectivity index is 2.25. The van der Waals surface area contributed by atoms with Crippen molar-refractivity contribution in [3.05, 3.63) is 29.8 Å². The van der Waals surface area contributed by atoms with E-state index < -0.39 is 5.97 Å². The third-order valence-electron chi connectivity index (χ3n) is 2.80. The first-order chi connectivity index (χ1) is 8.08. The number of amides is 1. The number of hydrogen-bond acceptors (Lipinski definition) is 2. The zero-order valence-electron chi connectivity index (χ0n) is 9.72. The minimum absolute atomic E-state index is 0.0230. The van der Waals surface area contributed by atoms with E-state index in [1.165, 1.54) is 4.90 Å². The highest BCUT2D eigenvalue weighted by Gasteiger charge is 2.34. The molecule has 0 bridgehead atoms. The molecule has 0 aromatic heterocycles. The van der Waals surface area contributed by atoms with E-state index in [0.29, 0.717) is 5.69 Å². The summed E-state index contributed by atoms with van der Waals surface area (Å²) in [4.78, 5) is 24.2. The SMILES string of the molecule is Cc1cccc(N(CC(=O)O)C(=O)C2CC2)c1. The second-order valence-corrected chi connectivity index (χ2v) is 4.43. The molecule has 90 valence electrons. The maximum Gasteiger partial charge on any atom is 0.323 e. The summed E-state index contributed by atoms with van der Waals surface area (Å²) in [7, 11) is 0. The predicted molar refractivity (Wildman–Crippen MR) is 63.9 cm³/mol. The van der Waals surface area contributed by atoms with Crippen molar-refractivity contribution in [2.45, 2.75) is 19.8 Å². The Morgan fingerprint density at radius 1 is 1.41 bits per heavy atom. The van der Waals surface area contributed by atoms with Crippen molar-refractivity contribution in [3.63, 3.8) is 0 Å². The molecule has 0 heterocycles. The molecule has 2 rings (SSSR count). The van der Waals surface area contributed by atoms with Crippen molar-refractivity contribution in [2.24, 2.45) is 5.92 Å². The van der Waals surface area contributed by atoms with Crippen LogP contribution in [0.3, 0.4) is 0 Å². The highest BCUT2D eigenvalue weighted by atomic mass is 16.4. The maximum absolute atomic E-state index is 12.0. The van der Waals surface area contributed by atoms with Crippen molar-refractivity contribution < 1.29 is 14.7 Å². The van der Waals surface area contributed by atoms with Gasteiger partial charge in [-0.15, -0.1) is 0 Å². The summed E-state index contributed by atoms with van der Waals surface area (Å²) in [5, 5.41) is 8.87. The van der Waals surface area contributed by atoms with Crippen LogP contribution in [0.2, 0.25) is 0 Å². The van der Waals surface area contributed by atoms with Gasteiger partial charge in [-0.2, -0.15) is 0 Å². The summed E-state index contributed by atoms with van der Waals surface area (Å²) in [5.41, 5.74) is 1.69. The fourth-order valence-corrected chi connectivity index (χ4v) is 1.78. The largest absolute Gasteiger partial charge is 0.480 e. The number of anilines is 1. The molecular weight excluding hydrogens is 218 g/mol. The lowest BCUT2D eigenvalue weighted by Crippen LogP contribution is -2.36. The quantitative estimate of drug-likeness (QED) is 0.863. The highest BCUT2D eigenvalue weighted by Crippen LogP contribution is 2.32. The van der Waals surface area contributed by atoms with E-state index in [4.69, 9.17) is 5.11 Å². The van der Waals surface area contributed by atoms with Crippen LogP contribution in [0.4, 0.5) is 5.69 Å². The molecule has 0 aliphatic heterocycles.